The topological polar surface area (TPSA) is 204 Å². The Hall–Kier alpha value is -7.30. The number of nitrogen functional groups attached to an aromatic ring is 2. The lowest BCUT2D eigenvalue weighted by molar-refractivity contribution is -0.134. The highest BCUT2D eigenvalue weighted by Gasteiger charge is 2.27. The maximum Gasteiger partial charge on any atom is 0.260 e. The van der Waals surface area contributed by atoms with Crippen LogP contribution < -0.4 is 35.5 Å². The molecule has 22 heteroatoms. The Morgan fingerprint density at radius 1 is 0.549 bits per heavy atom. The van der Waals surface area contributed by atoms with E-state index < -0.39 is 0 Å². The SMILES string of the molecule is COc1ccc(OCC(=O)N2CCN(c3nc(N)nc4sc(Cc5ccc(F)cc5)nc34)CC2)cc1.Nc1nc(N2CCN(C(=O)COc3ccc(Br)cc3)CC2)c2nc(Cc3ccc(F)cc3)sc2n1. The van der Waals surface area contributed by atoms with Crippen LogP contribution in [0.25, 0.3) is 20.7 Å². The second-order valence-electron chi connectivity index (χ2n) is 16.4. The number of carbonyl (C=O) groups excluding carboxylic acids is 2. The molecule has 0 bridgehead atoms. The van der Waals surface area contributed by atoms with Gasteiger partial charge in [-0.15, -0.1) is 0 Å². The fraction of sp³-hybridized carbons (Fsp3) is 0.265. The Morgan fingerprint density at radius 2 is 0.930 bits per heavy atom. The van der Waals surface area contributed by atoms with Gasteiger partial charge in [0.05, 0.1) is 17.1 Å². The molecule has 0 atom stereocenters. The molecule has 0 spiro atoms. The number of amides is 2. The number of halogens is 3. The number of piperazine rings is 2. The molecule has 2 aliphatic heterocycles. The van der Waals surface area contributed by atoms with Crippen molar-refractivity contribution in [3.63, 3.8) is 0 Å². The van der Waals surface area contributed by atoms with E-state index in [4.69, 9.17) is 35.6 Å². The van der Waals surface area contributed by atoms with Crippen molar-refractivity contribution in [3.8, 4) is 17.2 Å². The molecule has 10 rings (SSSR count). The third-order valence-electron chi connectivity index (χ3n) is 11.6. The van der Waals surface area contributed by atoms with Crippen molar-refractivity contribution in [1.82, 2.24) is 39.7 Å². The predicted molar refractivity (Wildman–Crippen MR) is 273 cm³/mol. The van der Waals surface area contributed by atoms with Gasteiger partial charge in [0, 0.05) is 69.7 Å². The second-order valence-corrected chi connectivity index (χ2v) is 19.4. The van der Waals surface area contributed by atoms with E-state index in [0.29, 0.717) is 109 Å². The largest absolute Gasteiger partial charge is 0.497 e. The zero-order chi connectivity index (χ0) is 49.4. The number of hydrogen-bond donors (Lipinski definition) is 2. The molecule has 71 heavy (non-hydrogen) atoms. The van der Waals surface area contributed by atoms with Gasteiger partial charge in [0.1, 0.15) is 39.9 Å². The molecular formula is C49H47BrF2N12O5S2. The molecule has 0 unspecified atom stereocenters. The third-order valence-corrected chi connectivity index (χ3v) is 14.0. The maximum absolute atomic E-state index is 13.2. The van der Waals surface area contributed by atoms with Crippen molar-refractivity contribution in [1.29, 1.82) is 0 Å². The van der Waals surface area contributed by atoms with Crippen LogP contribution in [0.15, 0.2) is 102 Å². The van der Waals surface area contributed by atoms with Gasteiger partial charge in [0.15, 0.2) is 34.5 Å². The van der Waals surface area contributed by atoms with Crippen LogP contribution in [0.2, 0.25) is 0 Å². The summed E-state index contributed by atoms with van der Waals surface area (Å²) in [7, 11) is 1.60. The third kappa shape index (κ3) is 12.4. The first-order chi connectivity index (χ1) is 34.4. The number of thiazole rings is 2. The number of nitrogens with two attached hydrogens (primary N) is 2. The van der Waals surface area contributed by atoms with E-state index in [9.17, 15) is 18.4 Å². The molecule has 4 aromatic carbocycles. The number of nitrogens with zero attached hydrogens (tertiary/aromatic N) is 10. The van der Waals surface area contributed by atoms with Crippen molar-refractivity contribution in [2.75, 3.05) is 93.9 Å². The number of aromatic nitrogens is 6. The van der Waals surface area contributed by atoms with Gasteiger partial charge in [0.25, 0.3) is 11.8 Å². The summed E-state index contributed by atoms with van der Waals surface area (Å²) in [6.45, 7) is 4.48. The van der Waals surface area contributed by atoms with E-state index in [1.165, 1.54) is 46.9 Å². The summed E-state index contributed by atoms with van der Waals surface area (Å²) in [5.41, 5.74) is 15.3. The minimum Gasteiger partial charge on any atom is -0.497 e. The summed E-state index contributed by atoms with van der Waals surface area (Å²) in [6, 6.07) is 27.2. The molecule has 0 aliphatic carbocycles. The normalized spacial score (nSPS) is 13.8. The van der Waals surface area contributed by atoms with Crippen molar-refractivity contribution < 1.29 is 32.6 Å². The van der Waals surface area contributed by atoms with E-state index in [1.807, 2.05) is 24.3 Å². The predicted octanol–water partition coefficient (Wildman–Crippen LogP) is 7.02. The first kappa shape index (κ1) is 48.7. The Labute approximate surface area is 423 Å². The lowest BCUT2D eigenvalue weighted by atomic mass is 10.1. The summed E-state index contributed by atoms with van der Waals surface area (Å²) >= 11 is 6.28. The van der Waals surface area contributed by atoms with Gasteiger partial charge >= 0.3 is 0 Å². The zero-order valence-electron chi connectivity index (χ0n) is 38.3. The van der Waals surface area contributed by atoms with E-state index >= 15 is 0 Å². The average molecular weight is 1070 g/mol. The number of fused-ring (bicyclic) bond motifs is 2. The van der Waals surface area contributed by atoms with Crippen molar-refractivity contribution in [3.05, 3.63) is 134 Å². The fourth-order valence-corrected chi connectivity index (χ4v) is 10.1. The summed E-state index contributed by atoms with van der Waals surface area (Å²) in [4.78, 5) is 61.7. The average Bonchev–Trinajstić information content (AvgIpc) is 3.99. The molecule has 0 saturated carbocycles. The first-order valence-corrected chi connectivity index (χ1v) is 24.9. The van der Waals surface area contributed by atoms with Gasteiger partial charge in [-0.05, 0) is 83.9 Å². The van der Waals surface area contributed by atoms with Crippen molar-refractivity contribution >= 4 is 94.6 Å². The van der Waals surface area contributed by atoms with E-state index in [2.05, 4.69) is 45.7 Å². The van der Waals surface area contributed by atoms with Crippen LogP contribution in [0.3, 0.4) is 0 Å². The van der Waals surface area contributed by atoms with Gasteiger partial charge in [-0.1, -0.05) is 62.9 Å². The summed E-state index contributed by atoms with van der Waals surface area (Å²) in [5.74, 6) is 3.03. The number of rotatable bonds is 13. The minimum absolute atomic E-state index is 0.00877. The highest BCUT2D eigenvalue weighted by molar-refractivity contribution is 9.10. The van der Waals surface area contributed by atoms with Gasteiger partial charge < -0.3 is 45.3 Å². The maximum atomic E-state index is 13.2. The molecule has 4 aromatic heterocycles. The lowest BCUT2D eigenvalue weighted by Crippen LogP contribution is -2.50. The number of ether oxygens (including phenoxy) is 3. The van der Waals surface area contributed by atoms with Crippen LogP contribution in [0, 0.1) is 11.6 Å². The van der Waals surface area contributed by atoms with Crippen molar-refractivity contribution in [2.24, 2.45) is 0 Å². The molecule has 4 N–H and O–H groups in total. The monoisotopic (exact) mass is 1060 g/mol. The van der Waals surface area contributed by atoms with Crippen molar-refractivity contribution in [2.45, 2.75) is 12.8 Å². The first-order valence-electron chi connectivity index (χ1n) is 22.5. The molecule has 8 aromatic rings. The Bertz CT molecular complexity index is 3120. The molecule has 2 aliphatic rings. The molecule has 17 nitrogen and oxygen atoms in total. The summed E-state index contributed by atoms with van der Waals surface area (Å²) in [6.07, 6.45) is 1.14. The minimum atomic E-state index is -0.270. The molecule has 2 amide bonds. The number of hydrogen-bond acceptors (Lipinski definition) is 17. The molecule has 0 radical (unpaired) electrons. The Morgan fingerprint density at radius 3 is 1.32 bits per heavy atom. The highest BCUT2D eigenvalue weighted by Crippen LogP contribution is 2.32. The lowest BCUT2D eigenvalue weighted by Gasteiger charge is -2.35. The van der Waals surface area contributed by atoms with Gasteiger partial charge in [-0.25, -0.2) is 28.7 Å². The molecule has 2 saturated heterocycles. The van der Waals surface area contributed by atoms with Crippen LogP contribution in [0.4, 0.5) is 32.3 Å². The molecule has 6 heterocycles. The van der Waals surface area contributed by atoms with Gasteiger partial charge in [-0.3, -0.25) is 9.59 Å². The van der Waals surface area contributed by atoms with E-state index in [1.54, 1.807) is 65.4 Å². The number of benzene rings is 4. The summed E-state index contributed by atoms with van der Waals surface area (Å²) < 4.78 is 43.8. The highest BCUT2D eigenvalue weighted by atomic mass is 79.9. The van der Waals surface area contributed by atoms with E-state index in [0.717, 1.165) is 31.4 Å². The van der Waals surface area contributed by atoms with Crippen LogP contribution in [0.1, 0.15) is 21.1 Å². The van der Waals surface area contributed by atoms with Crippen LogP contribution >= 0.6 is 38.6 Å². The fourth-order valence-electron chi connectivity index (χ4n) is 7.89. The number of carbonyl (C=O) groups is 2. The van der Waals surface area contributed by atoms with Crippen LogP contribution in [-0.4, -0.2) is 124 Å². The van der Waals surface area contributed by atoms with Crippen LogP contribution in [-0.2, 0) is 22.4 Å². The Balaban J connectivity index is 0.000000176. The van der Waals surface area contributed by atoms with E-state index in [-0.39, 0.29) is 48.6 Å². The standard InChI is InChI=1S/C25H25FN6O3S.C24H22BrFN6O2S/c1-34-18-6-8-19(9-7-18)35-15-21(33)31-10-12-32(13-11-31)23-22-24(30-25(27)29-23)36-20(28-22)14-16-2-4-17(26)5-3-16;25-16-3-7-18(8-4-16)34-14-20(33)31-9-11-32(12-10-31)22-21-23(30-24(27)29-22)35-19(28-21)13-15-1-5-17(26)6-2-15/h2-9H,10-15H2,1H3,(H2,27,29,30);1-8H,9-14H2,(H2,27,29,30). The Kier molecular flexibility index (Phi) is 15.2. The zero-order valence-corrected chi connectivity index (χ0v) is 41.6. The van der Waals surface area contributed by atoms with Crippen LogP contribution in [0.5, 0.6) is 17.2 Å². The number of methoxy groups -OCH3 is 1. The number of anilines is 4. The second kappa shape index (κ2) is 22.2. The quantitative estimate of drug-likeness (QED) is 0.119. The molecule has 2 fully saturated rings. The molecule has 366 valence electrons. The molecular weight excluding hydrogens is 1020 g/mol. The summed E-state index contributed by atoms with van der Waals surface area (Å²) in [5, 5.41) is 1.70. The smallest absolute Gasteiger partial charge is 0.260 e. The van der Waals surface area contributed by atoms with Gasteiger partial charge in [-0.2, -0.15) is 9.97 Å². The van der Waals surface area contributed by atoms with Gasteiger partial charge in [0.2, 0.25) is 11.9 Å².